The zero-order valence-electron chi connectivity index (χ0n) is 22.1. The SMILES string of the molecule is Cc1cc(/C=C/C#N)cc(C)c1Oc1nc(Nc2ccc(N3CCCC(NS(N)(=O)=O)C3)cc2)nc2sccc12. The van der Waals surface area contributed by atoms with Gasteiger partial charge in [0.15, 0.2) is 0 Å². The zero-order valence-corrected chi connectivity index (χ0v) is 23.7. The van der Waals surface area contributed by atoms with Crippen LogP contribution in [0.3, 0.4) is 0 Å². The summed E-state index contributed by atoms with van der Waals surface area (Å²) in [6, 6.07) is 15.5. The number of nitriles is 1. The first-order valence-corrected chi connectivity index (χ1v) is 15.1. The van der Waals surface area contributed by atoms with Gasteiger partial charge in [0.05, 0.1) is 11.5 Å². The summed E-state index contributed by atoms with van der Waals surface area (Å²) in [6.07, 6.45) is 4.83. The third-order valence-electron chi connectivity index (χ3n) is 6.56. The number of thiophene rings is 1. The Labute approximate surface area is 237 Å². The Hall–Kier alpha value is -4.02. The van der Waals surface area contributed by atoms with E-state index in [1.807, 2.05) is 67.8 Å². The lowest BCUT2D eigenvalue weighted by Gasteiger charge is -2.34. The van der Waals surface area contributed by atoms with E-state index in [4.69, 9.17) is 20.1 Å². The van der Waals surface area contributed by atoms with Crippen molar-refractivity contribution < 1.29 is 13.2 Å². The van der Waals surface area contributed by atoms with Crippen LogP contribution in [0.25, 0.3) is 16.3 Å². The van der Waals surface area contributed by atoms with Gasteiger partial charge in [0.25, 0.3) is 10.2 Å². The highest BCUT2D eigenvalue weighted by Gasteiger charge is 2.23. The maximum Gasteiger partial charge on any atom is 0.274 e. The summed E-state index contributed by atoms with van der Waals surface area (Å²) in [6.45, 7) is 5.32. The van der Waals surface area contributed by atoms with E-state index >= 15 is 0 Å². The van der Waals surface area contributed by atoms with Gasteiger partial charge in [-0.15, -0.1) is 11.3 Å². The third-order valence-corrected chi connectivity index (χ3v) is 8.03. The van der Waals surface area contributed by atoms with Gasteiger partial charge in [-0.3, -0.25) is 0 Å². The van der Waals surface area contributed by atoms with Crippen LogP contribution in [0.4, 0.5) is 17.3 Å². The number of benzene rings is 2. The number of aryl methyl sites for hydroxylation is 2. The van der Waals surface area contributed by atoms with Crippen LogP contribution >= 0.6 is 11.3 Å². The van der Waals surface area contributed by atoms with E-state index in [0.29, 0.717) is 24.1 Å². The van der Waals surface area contributed by atoms with Gasteiger partial charge >= 0.3 is 0 Å². The minimum atomic E-state index is -3.74. The van der Waals surface area contributed by atoms with Crippen molar-refractivity contribution in [3.63, 3.8) is 0 Å². The van der Waals surface area contributed by atoms with Crippen LogP contribution < -0.4 is 24.8 Å². The highest BCUT2D eigenvalue weighted by atomic mass is 32.2. The van der Waals surface area contributed by atoms with Crippen molar-refractivity contribution in [2.75, 3.05) is 23.3 Å². The molecule has 12 heteroatoms. The number of anilines is 3. The van der Waals surface area contributed by atoms with Crippen LogP contribution in [0.1, 0.15) is 29.5 Å². The maximum atomic E-state index is 11.4. The van der Waals surface area contributed by atoms with Crippen LogP contribution in [0.5, 0.6) is 11.6 Å². The van der Waals surface area contributed by atoms with Gasteiger partial charge in [-0.05, 0) is 97.3 Å². The molecule has 1 unspecified atom stereocenters. The average molecular weight is 576 g/mol. The summed E-state index contributed by atoms with van der Waals surface area (Å²) in [7, 11) is -3.74. The first-order valence-electron chi connectivity index (χ1n) is 12.7. The molecule has 1 saturated heterocycles. The van der Waals surface area contributed by atoms with Crippen LogP contribution in [0.2, 0.25) is 0 Å². The molecular weight excluding hydrogens is 546 g/mol. The largest absolute Gasteiger partial charge is 0.438 e. The van der Waals surface area contributed by atoms with Gasteiger partial charge in [-0.25, -0.2) is 10.1 Å². The second-order valence-electron chi connectivity index (χ2n) is 9.66. The fourth-order valence-electron chi connectivity index (χ4n) is 4.86. The number of hydrogen-bond acceptors (Lipinski definition) is 9. The minimum Gasteiger partial charge on any atom is -0.438 e. The molecule has 0 amide bonds. The number of fused-ring (bicyclic) bond motifs is 1. The van der Waals surface area contributed by atoms with Gasteiger partial charge < -0.3 is 15.0 Å². The highest BCUT2D eigenvalue weighted by Crippen LogP contribution is 2.35. The van der Waals surface area contributed by atoms with E-state index in [2.05, 4.69) is 19.9 Å². The molecule has 2 aromatic heterocycles. The van der Waals surface area contributed by atoms with Gasteiger partial charge in [0, 0.05) is 36.6 Å². The Kier molecular flexibility index (Phi) is 7.99. The molecule has 10 nitrogen and oxygen atoms in total. The van der Waals surface area contributed by atoms with Crippen LogP contribution in [0, 0.1) is 25.2 Å². The van der Waals surface area contributed by atoms with E-state index in [1.165, 1.54) is 17.4 Å². The van der Waals surface area contributed by atoms with Crippen LogP contribution in [-0.2, 0) is 10.2 Å². The number of allylic oxidation sites excluding steroid dienone is 1. The van der Waals surface area contributed by atoms with Gasteiger partial charge in [-0.2, -0.15) is 23.4 Å². The van der Waals surface area contributed by atoms with Gasteiger partial charge in [-0.1, -0.05) is 0 Å². The molecule has 0 radical (unpaired) electrons. The van der Waals surface area contributed by atoms with E-state index in [-0.39, 0.29) is 6.04 Å². The normalized spacial score (nSPS) is 15.8. The fourth-order valence-corrected chi connectivity index (χ4v) is 6.27. The molecular formula is C28H29N7O3S2. The monoisotopic (exact) mass is 575 g/mol. The molecule has 1 aliphatic rings. The predicted molar refractivity (Wildman–Crippen MR) is 159 cm³/mol. The molecule has 0 saturated carbocycles. The van der Waals surface area contributed by atoms with Crippen LogP contribution in [-0.4, -0.2) is 37.5 Å². The lowest BCUT2D eigenvalue weighted by Crippen LogP contribution is -2.49. The quantitative estimate of drug-likeness (QED) is 0.245. The minimum absolute atomic E-state index is 0.219. The lowest BCUT2D eigenvalue weighted by atomic mass is 10.1. The first kappa shape index (κ1) is 27.5. The Bertz CT molecular complexity index is 1690. The van der Waals surface area contributed by atoms with Crippen molar-refractivity contribution in [2.45, 2.75) is 32.7 Å². The standard InChI is InChI=1S/C28H29N7O3S2/c1-18-15-20(5-3-12-29)16-19(2)25(18)38-26-24-11-14-39-27(24)33-28(32-26)31-21-7-9-23(10-8-21)35-13-4-6-22(17-35)34-40(30,36)37/h3,5,7-11,14-16,22,34H,4,6,13,17H2,1-2H3,(H2,30,36,37)(H,31,32,33)/b5-3+. The smallest absolute Gasteiger partial charge is 0.274 e. The van der Waals surface area contributed by atoms with Crippen LogP contribution in [0.15, 0.2) is 53.9 Å². The first-order chi connectivity index (χ1) is 19.2. The van der Waals surface area contributed by atoms with Gasteiger partial charge in [0.2, 0.25) is 11.8 Å². The van der Waals surface area contributed by atoms with Crippen molar-refractivity contribution in [1.29, 1.82) is 5.26 Å². The van der Waals surface area contributed by atoms with Crippen molar-refractivity contribution in [3.05, 3.63) is 70.6 Å². The average Bonchev–Trinajstić information content (AvgIpc) is 3.38. The molecule has 4 N–H and O–H groups in total. The number of aromatic nitrogens is 2. The second kappa shape index (κ2) is 11.6. The molecule has 5 rings (SSSR count). The van der Waals surface area contributed by atoms with E-state index in [1.54, 1.807) is 6.08 Å². The Morgan fingerprint density at radius 1 is 1.18 bits per heavy atom. The molecule has 4 aromatic rings. The molecule has 3 heterocycles. The third kappa shape index (κ3) is 6.57. The number of ether oxygens (including phenoxy) is 1. The number of nitrogens with two attached hydrogens (primary N) is 1. The summed E-state index contributed by atoms with van der Waals surface area (Å²) in [5, 5.41) is 20.1. The van der Waals surface area contributed by atoms with E-state index in [9.17, 15) is 8.42 Å². The number of piperidine rings is 1. The number of hydrogen-bond donors (Lipinski definition) is 3. The van der Waals surface area contributed by atoms with Crippen molar-refractivity contribution in [2.24, 2.45) is 5.14 Å². The molecule has 1 aliphatic heterocycles. The zero-order chi connectivity index (χ0) is 28.3. The molecule has 1 atom stereocenters. The molecule has 206 valence electrons. The molecule has 1 fully saturated rings. The predicted octanol–water partition coefficient (Wildman–Crippen LogP) is 5.14. The van der Waals surface area contributed by atoms with Crippen molar-refractivity contribution >= 4 is 55.2 Å². The summed E-state index contributed by atoms with van der Waals surface area (Å²) >= 11 is 1.51. The van der Waals surface area contributed by atoms with Crippen molar-refractivity contribution in [3.8, 4) is 17.7 Å². The molecule has 40 heavy (non-hydrogen) atoms. The molecule has 2 aromatic carbocycles. The van der Waals surface area contributed by atoms with E-state index < -0.39 is 10.2 Å². The second-order valence-corrected chi connectivity index (χ2v) is 11.9. The number of rotatable bonds is 8. The Morgan fingerprint density at radius 2 is 1.93 bits per heavy atom. The fraction of sp³-hybridized carbons (Fsp3) is 0.250. The van der Waals surface area contributed by atoms with E-state index in [0.717, 1.165) is 57.7 Å². The highest BCUT2D eigenvalue weighted by molar-refractivity contribution is 7.87. The molecule has 0 bridgehead atoms. The topological polar surface area (TPSA) is 146 Å². The summed E-state index contributed by atoms with van der Waals surface area (Å²) in [5.74, 6) is 1.59. The molecule has 0 aliphatic carbocycles. The molecule has 0 spiro atoms. The Morgan fingerprint density at radius 3 is 2.62 bits per heavy atom. The number of nitrogens with one attached hydrogen (secondary N) is 2. The number of nitrogens with zero attached hydrogens (tertiary/aromatic N) is 4. The van der Waals surface area contributed by atoms with Gasteiger partial charge in [0.1, 0.15) is 10.6 Å². The summed E-state index contributed by atoms with van der Waals surface area (Å²) < 4.78 is 31.7. The summed E-state index contributed by atoms with van der Waals surface area (Å²) in [5.41, 5.74) is 4.60. The Balaban J connectivity index is 1.35. The maximum absolute atomic E-state index is 11.4. The van der Waals surface area contributed by atoms with Crippen molar-refractivity contribution in [1.82, 2.24) is 14.7 Å². The lowest BCUT2D eigenvalue weighted by molar-refractivity contribution is 0.462. The summed E-state index contributed by atoms with van der Waals surface area (Å²) in [4.78, 5) is 12.3.